The zero-order valence-electron chi connectivity index (χ0n) is 14.9. The molecule has 1 aliphatic carbocycles. The van der Waals surface area contributed by atoms with Crippen LogP contribution in [0.5, 0.6) is 0 Å². The molecule has 0 unspecified atom stereocenters. The second-order valence-electron chi connectivity index (χ2n) is 7.08. The van der Waals surface area contributed by atoms with Crippen LogP contribution in [-0.2, 0) is 9.53 Å². The van der Waals surface area contributed by atoms with Crippen LogP contribution >= 0.6 is 0 Å². The van der Waals surface area contributed by atoms with Crippen LogP contribution in [0.4, 0.5) is 4.79 Å². The molecule has 6 heteroatoms. The number of hydrogen-bond donors (Lipinski definition) is 2. The van der Waals surface area contributed by atoms with Gasteiger partial charge in [-0.1, -0.05) is 48.5 Å². The molecule has 140 valence electrons. The summed E-state index contributed by atoms with van der Waals surface area (Å²) in [6.45, 7) is 1.49. The van der Waals surface area contributed by atoms with Gasteiger partial charge in [-0.15, -0.1) is 0 Å². The second-order valence-corrected chi connectivity index (χ2v) is 7.08. The van der Waals surface area contributed by atoms with Crippen LogP contribution in [-0.4, -0.2) is 54.4 Å². The molecule has 4 rings (SSSR count). The maximum Gasteiger partial charge on any atom is 0.407 e. The fourth-order valence-corrected chi connectivity index (χ4v) is 4.09. The Hall–Kier alpha value is -2.86. The molecule has 1 heterocycles. The van der Waals surface area contributed by atoms with Crippen molar-refractivity contribution >= 4 is 12.1 Å². The summed E-state index contributed by atoms with van der Waals surface area (Å²) in [5.74, 6) is -0.813. The Morgan fingerprint density at radius 3 is 2.33 bits per heavy atom. The fourth-order valence-electron chi connectivity index (χ4n) is 4.09. The number of fused-ring (bicyclic) bond motifs is 3. The number of amides is 1. The van der Waals surface area contributed by atoms with E-state index >= 15 is 0 Å². The third-order valence-electron chi connectivity index (χ3n) is 5.30. The number of likely N-dealkylation sites (tertiary alicyclic amines) is 1. The Morgan fingerprint density at radius 1 is 1.07 bits per heavy atom. The van der Waals surface area contributed by atoms with E-state index < -0.39 is 12.1 Å². The molecule has 1 aliphatic heterocycles. The standard InChI is InChI=1S/C21H22N2O4/c24-20(25)12-23-10-9-14(11-23)22-21(26)27-13-19-17-7-3-1-5-15(17)16-6-2-4-8-18(16)19/h1-8,14,19H,9-13H2,(H,22,26)(H,24,25)/t14-/m1/s1. The number of ether oxygens (including phenoxy) is 1. The number of benzene rings is 2. The number of alkyl carbamates (subject to hydrolysis) is 1. The van der Waals surface area contributed by atoms with Gasteiger partial charge in [-0.25, -0.2) is 4.79 Å². The Kier molecular flexibility index (Phi) is 4.81. The van der Waals surface area contributed by atoms with Crippen molar-refractivity contribution < 1.29 is 19.4 Å². The van der Waals surface area contributed by atoms with Gasteiger partial charge in [-0.2, -0.15) is 0 Å². The Morgan fingerprint density at radius 2 is 1.70 bits per heavy atom. The number of carbonyl (C=O) groups excluding carboxylic acids is 1. The molecule has 1 fully saturated rings. The van der Waals surface area contributed by atoms with E-state index in [9.17, 15) is 9.59 Å². The average Bonchev–Trinajstić information content (AvgIpc) is 3.21. The van der Waals surface area contributed by atoms with Gasteiger partial charge in [-0.3, -0.25) is 9.69 Å². The van der Waals surface area contributed by atoms with Crippen LogP contribution in [0.25, 0.3) is 11.1 Å². The van der Waals surface area contributed by atoms with Crippen molar-refractivity contribution in [2.24, 2.45) is 0 Å². The van der Waals surface area contributed by atoms with Crippen molar-refractivity contribution in [2.75, 3.05) is 26.2 Å². The molecule has 1 saturated heterocycles. The molecule has 1 atom stereocenters. The van der Waals surface area contributed by atoms with Crippen LogP contribution < -0.4 is 5.32 Å². The van der Waals surface area contributed by atoms with Crippen molar-refractivity contribution in [2.45, 2.75) is 18.4 Å². The van der Waals surface area contributed by atoms with Crippen LogP contribution in [0, 0.1) is 0 Å². The number of aliphatic carboxylic acids is 1. The molecule has 1 amide bonds. The second kappa shape index (κ2) is 7.40. The maximum atomic E-state index is 12.2. The highest BCUT2D eigenvalue weighted by atomic mass is 16.5. The number of carboxylic acid groups (broad SMARTS) is 1. The average molecular weight is 366 g/mol. The smallest absolute Gasteiger partial charge is 0.407 e. The van der Waals surface area contributed by atoms with E-state index in [1.807, 2.05) is 29.2 Å². The van der Waals surface area contributed by atoms with E-state index in [4.69, 9.17) is 9.84 Å². The van der Waals surface area contributed by atoms with Crippen molar-refractivity contribution in [3.05, 3.63) is 59.7 Å². The Bertz CT molecular complexity index is 821. The fraction of sp³-hybridized carbons (Fsp3) is 0.333. The molecule has 27 heavy (non-hydrogen) atoms. The lowest BCUT2D eigenvalue weighted by Gasteiger charge is -2.17. The van der Waals surface area contributed by atoms with Gasteiger partial charge in [0.15, 0.2) is 0 Å². The van der Waals surface area contributed by atoms with E-state index in [1.165, 1.54) is 22.3 Å². The first kappa shape index (κ1) is 17.5. The number of carbonyl (C=O) groups is 2. The summed E-state index contributed by atoms with van der Waals surface area (Å²) in [7, 11) is 0. The lowest BCUT2D eigenvalue weighted by molar-refractivity contribution is -0.138. The van der Waals surface area contributed by atoms with Crippen molar-refractivity contribution in [1.82, 2.24) is 10.2 Å². The summed E-state index contributed by atoms with van der Waals surface area (Å²) in [6, 6.07) is 16.4. The molecule has 2 aromatic carbocycles. The largest absolute Gasteiger partial charge is 0.480 e. The van der Waals surface area contributed by atoms with Gasteiger partial charge in [0.05, 0.1) is 6.54 Å². The van der Waals surface area contributed by atoms with Crippen molar-refractivity contribution in [1.29, 1.82) is 0 Å². The number of hydrogen-bond acceptors (Lipinski definition) is 4. The Balaban J connectivity index is 1.37. The lowest BCUT2D eigenvalue weighted by atomic mass is 9.98. The summed E-state index contributed by atoms with van der Waals surface area (Å²) >= 11 is 0. The first-order chi connectivity index (χ1) is 13.1. The maximum absolute atomic E-state index is 12.2. The Labute approximate surface area is 157 Å². The van der Waals surface area contributed by atoms with E-state index in [-0.39, 0.29) is 25.1 Å². The predicted molar refractivity (Wildman–Crippen MR) is 101 cm³/mol. The zero-order chi connectivity index (χ0) is 18.8. The number of rotatable bonds is 5. The highest BCUT2D eigenvalue weighted by molar-refractivity contribution is 5.79. The van der Waals surface area contributed by atoms with Gasteiger partial charge in [0, 0.05) is 25.0 Å². The van der Waals surface area contributed by atoms with Gasteiger partial charge < -0.3 is 15.2 Å². The van der Waals surface area contributed by atoms with Gasteiger partial charge in [0.1, 0.15) is 6.61 Å². The van der Waals surface area contributed by atoms with Gasteiger partial charge in [-0.05, 0) is 28.7 Å². The van der Waals surface area contributed by atoms with Gasteiger partial charge in [0.25, 0.3) is 0 Å². The van der Waals surface area contributed by atoms with E-state index in [1.54, 1.807) is 0 Å². The van der Waals surface area contributed by atoms with E-state index in [2.05, 4.69) is 29.6 Å². The van der Waals surface area contributed by atoms with Crippen molar-refractivity contribution in [3.63, 3.8) is 0 Å². The zero-order valence-corrected chi connectivity index (χ0v) is 14.9. The minimum Gasteiger partial charge on any atom is -0.480 e. The summed E-state index contributed by atoms with van der Waals surface area (Å²) in [5.41, 5.74) is 4.75. The molecule has 2 aromatic rings. The molecular weight excluding hydrogens is 344 g/mol. The number of carboxylic acids is 1. The van der Waals surface area contributed by atoms with E-state index in [0.717, 1.165) is 6.42 Å². The van der Waals surface area contributed by atoms with Crippen LogP contribution in [0.3, 0.4) is 0 Å². The normalized spacial score (nSPS) is 18.7. The molecule has 0 radical (unpaired) electrons. The van der Waals surface area contributed by atoms with Crippen LogP contribution in [0.15, 0.2) is 48.5 Å². The number of nitrogens with one attached hydrogen (secondary N) is 1. The third-order valence-corrected chi connectivity index (χ3v) is 5.30. The molecule has 0 saturated carbocycles. The molecular formula is C21H22N2O4. The molecule has 0 bridgehead atoms. The monoisotopic (exact) mass is 366 g/mol. The molecule has 2 aliphatic rings. The SMILES string of the molecule is O=C(O)CN1CC[C@@H](NC(=O)OCC2c3ccccc3-c3ccccc32)C1. The van der Waals surface area contributed by atoms with Crippen LogP contribution in [0.1, 0.15) is 23.5 Å². The summed E-state index contributed by atoms with van der Waals surface area (Å²) in [5, 5.41) is 11.7. The summed E-state index contributed by atoms with van der Waals surface area (Å²) < 4.78 is 5.53. The summed E-state index contributed by atoms with van der Waals surface area (Å²) in [4.78, 5) is 24.8. The molecule has 0 spiro atoms. The summed E-state index contributed by atoms with van der Waals surface area (Å²) in [6.07, 6.45) is 0.288. The first-order valence-electron chi connectivity index (χ1n) is 9.17. The lowest BCUT2D eigenvalue weighted by Crippen LogP contribution is -2.38. The van der Waals surface area contributed by atoms with Crippen molar-refractivity contribution in [3.8, 4) is 11.1 Å². The minimum absolute atomic E-state index is 0.00285. The third kappa shape index (κ3) is 3.66. The van der Waals surface area contributed by atoms with Crippen LogP contribution in [0.2, 0.25) is 0 Å². The van der Waals surface area contributed by atoms with Gasteiger partial charge >= 0.3 is 12.1 Å². The molecule has 2 N–H and O–H groups in total. The highest BCUT2D eigenvalue weighted by Gasteiger charge is 2.30. The topological polar surface area (TPSA) is 78.9 Å². The first-order valence-corrected chi connectivity index (χ1v) is 9.17. The van der Waals surface area contributed by atoms with E-state index in [0.29, 0.717) is 13.1 Å². The highest BCUT2D eigenvalue weighted by Crippen LogP contribution is 2.44. The quantitative estimate of drug-likeness (QED) is 0.851. The molecule has 0 aromatic heterocycles. The minimum atomic E-state index is -0.850. The van der Waals surface area contributed by atoms with Gasteiger partial charge in [0.2, 0.25) is 0 Å². The molecule has 6 nitrogen and oxygen atoms in total. The predicted octanol–water partition coefficient (Wildman–Crippen LogP) is 2.68. The number of nitrogens with zero attached hydrogens (tertiary/aromatic N) is 1.